The summed E-state index contributed by atoms with van der Waals surface area (Å²) in [5, 5.41) is 18.8. The first-order chi connectivity index (χ1) is 12.9. The van der Waals surface area contributed by atoms with Crippen LogP contribution >= 0.6 is 12.4 Å². The van der Waals surface area contributed by atoms with Gasteiger partial charge in [0.05, 0.1) is 0 Å². The van der Waals surface area contributed by atoms with Gasteiger partial charge in [-0.25, -0.2) is 0 Å². The molecule has 2 aromatic carbocycles. The van der Waals surface area contributed by atoms with Crippen LogP contribution in [0.2, 0.25) is 0 Å². The van der Waals surface area contributed by atoms with Crippen LogP contribution in [0.25, 0.3) is 0 Å². The number of hydrogen-bond acceptors (Lipinski definition) is 4. The van der Waals surface area contributed by atoms with Gasteiger partial charge in [0.25, 0.3) is 0 Å². The van der Waals surface area contributed by atoms with Crippen molar-refractivity contribution in [3.8, 4) is 11.8 Å². The number of benzene rings is 2. The van der Waals surface area contributed by atoms with Crippen LogP contribution in [0.5, 0.6) is 0 Å². The predicted octanol–water partition coefficient (Wildman–Crippen LogP) is 1.95. The molecule has 1 aliphatic rings. The lowest BCUT2D eigenvalue weighted by atomic mass is 9.98. The second kappa shape index (κ2) is 8.89. The third-order valence-electron chi connectivity index (χ3n) is 4.70. The number of nitrogens with zero attached hydrogens (tertiary/aromatic N) is 1. The number of carbonyl (C=O) groups is 2. The molecule has 0 bridgehead atoms. The highest BCUT2D eigenvalue weighted by atomic mass is 35.5. The standard InChI is InChI=1S/C21H20N2O4.ClH/c22-21(20(26)27)12-18(19(24)25)23(14-21)13-17-9-5-4-8-16(17)11-10-15-6-2-1-3-7-15;/h1-9,18H,12-14,22H2,(H,24,25)(H,26,27);1H/t18-,21-;/m1./s1. The zero-order valence-corrected chi connectivity index (χ0v) is 15.9. The highest BCUT2D eigenvalue weighted by Crippen LogP contribution is 2.28. The van der Waals surface area contributed by atoms with Crippen molar-refractivity contribution in [1.82, 2.24) is 4.90 Å². The monoisotopic (exact) mass is 400 g/mol. The van der Waals surface area contributed by atoms with Crippen LogP contribution in [-0.4, -0.2) is 45.2 Å². The molecule has 4 N–H and O–H groups in total. The van der Waals surface area contributed by atoms with Crippen LogP contribution in [0.15, 0.2) is 54.6 Å². The van der Waals surface area contributed by atoms with Crippen molar-refractivity contribution in [3.63, 3.8) is 0 Å². The van der Waals surface area contributed by atoms with E-state index >= 15 is 0 Å². The van der Waals surface area contributed by atoms with Gasteiger partial charge in [0, 0.05) is 30.6 Å². The van der Waals surface area contributed by atoms with Gasteiger partial charge in [-0.3, -0.25) is 14.5 Å². The van der Waals surface area contributed by atoms with E-state index in [-0.39, 0.29) is 31.9 Å². The molecule has 0 saturated carbocycles. The van der Waals surface area contributed by atoms with Crippen LogP contribution in [0.1, 0.15) is 23.1 Å². The summed E-state index contributed by atoms with van der Waals surface area (Å²) in [5.74, 6) is 3.95. The minimum absolute atomic E-state index is 0. The Labute approximate surface area is 169 Å². The smallest absolute Gasteiger partial charge is 0.325 e. The van der Waals surface area contributed by atoms with Crippen molar-refractivity contribution in [2.75, 3.05) is 6.54 Å². The number of carboxylic acids is 2. The maximum absolute atomic E-state index is 11.6. The van der Waals surface area contributed by atoms with Crippen molar-refractivity contribution >= 4 is 24.3 Å². The molecule has 3 rings (SSSR count). The van der Waals surface area contributed by atoms with Gasteiger partial charge < -0.3 is 15.9 Å². The minimum atomic E-state index is -1.56. The average molecular weight is 401 g/mol. The molecule has 1 fully saturated rings. The Morgan fingerprint density at radius 2 is 1.71 bits per heavy atom. The van der Waals surface area contributed by atoms with Crippen LogP contribution in [0.4, 0.5) is 0 Å². The molecule has 0 unspecified atom stereocenters. The van der Waals surface area contributed by atoms with Gasteiger partial charge >= 0.3 is 11.9 Å². The molecule has 0 amide bonds. The second-order valence-corrected chi connectivity index (χ2v) is 6.70. The minimum Gasteiger partial charge on any atom is -0.480 e. The number of hydrogen-bond donors (Lipinski definition) is 3. The molecule has 0 spiro atoms. The predicted molar refractivity (Wildman–Crippen MR) is 107 cm³/mol. The van der Waals surface area contributed by atoms with E-state index in [0.29, 0.717) is 0 Å². The van der Waals surface area contributed by atoms with Gasteiger partial charge in [0.15, 0.2) is 0 Å². The Hall–Kier alpha value is -2.85. The van der Waals surface area contributed by atoms with E-state index in [2.05, 4.69) is 11.8 Å². The zero-order valence-electron chi connectivity index (χ0n) is 15.0. The quantitative estimate of drug-likeness (QED) is 0.678. The fourth-order valence-electron chi connectivity index (χ4n) is 3.24. The van der Waals surface area contributed by atoms with Gasteiger partial charge in [-0.05, 0) is 23.8 Å². The summed E-state index contributed by atoms with van der Waals surface area (Å²) >= 11 is 0. The molecular weight excluding hydrogens is 380 g/mol. The molecule has 2 atom stereocenters. The number of aliphatic carboxylic acids is 2. The SMILES string of the molecule is Cl.N[C@]1(C(=O)O)C[C@H](C(=O)O)N(Cc2ccccc2C#Cc2ccccc2)C1. The van der Waals surface area contributed by atoms with E-state index in [4.69, 9.17) is 5.73 Å². The number of carboxylic acid groups (broad SMARTS) is 2. The lowest BCUT2D eigenvalue weighted by molar-refractivity contribution is -0.142. The molecule has 2 aromatic rings. The van der Waals surface area contributed by atoms with E-state index < -0.39 is 23.5 Å². The summed E-state index contributed by atoms with van der Waals surface area (Å²) in [5.41, 5.74) is 6.84. The van der Waals surface area contributed by atoms with Crippen LogP contribution in [0.3, 0.4) is 0 Å². The third-order valence-corrected chi connectivity index (χ3v) is 4.70. The van der Waals surface area contributed by atoms with E-state index in [0.717, 1.165) is 16.7 Å². The van der Waals surface area contributed by atoms with Gasteiger partial charge in [-0.15, -0.1) is 12.4 Å². The lowest BCUT2D eigenvalue weighted by Gasteiger charge is -2.22. The summed E-state index contributed by atoms with van der Waals surface area (Å²) in [6.07, 6.45) is -0.129. The molecule has 0 radical (unpaired) electrons. The Balaban J connectivity index is 0.00000280. The highest BCUT2D eigenvalue weighted by Gasteiger charge is 2.49. The maximum atomic E-state index is 11.6. The Kier molecular flexibility index (Phi) is 6.81. The first-order valence-electron chi connectivity index (χ1n) is 8.53. The van der Waals surface area contributed by atoms with E-state index in [9.17, 15) is 19.8 Å². The highest BCUT2D eigenvalue weighted by molar-refractivity contribution is 5.85. The maximum Gasteiger partial charge on any atom is 0.325 e. The first kappa shape index (κ1) is 21.5. The van der Waals surface area contributed by atoms with Crippen molar-refractivity contribution in [1.29, 1.82) is 0 Å². The largest absolute Gasteiger partial charge is 0.480 e. The van der Waals surface area contributed by atoms with Crippen LogP contribution in [-0.2, 0) is 16.1 Å². The number of rotatable bonds is 4. The Morgan fingerprint density at radius 1 is 1.07 bits per heavy atom. The molecule has 0 aliphatic carbocycles. The Bertz CT molecular complexity index is 923. The Morgan fingerprint density at radius 3 is 2.36 bits per heavy atom. The van der Waals surface area contributed by atoms with Crippen LogP contribution < -0.4 is 5.73 Å². The van der Waals surface area contributed by atoms with Gasteiger partial charge in [0.2, 0.25) is 0 Å². The van der Waals surface area contributed by atoms with Crippen molar-refractivity contribution < 1.29 is 19.8 Å². The lowest BCUT2D eigenvalue weighted by Crippen LogP contribution is -2.50. The molecule has 7 heteroatoms. The van der Waals surface area contributed by atoms with Crippen LogP contribution in [0, 0.1) is 11.8 Å². The van der Waals surface area contributed by atoms with Crippen molar-refractivity contribution in [3.05, 3.63) is 71.3 Å². The molecule has 1 aliphatic heterocycles. The van der Waals surface area contributed by atoms with Gasteiger partial charge in [-0.2, -0.15) is 0 Å². The zero-order chi connectivity index (χ0) is 19.4. The second-order valence-electron chi connectivity index (χ2n) is 6.70. The molecule has 6 nitrogen and oxygen atoms in total. The number of halogens is 1. The molecule has 146 valence electrons. The molecule has 28 heavy (non-hydrogen) atoms. The normalized spacial score (nSPS) is 21.2. The number of nitrogens with two attached hydrogens (primary N) is 1. The van der Waals surface area contributed by atoms with Crippen molar-refractivity contribution in [2.45, 2.75) is 24.5 Å². The first-order valence-corrected chi connectivity index (χ1v) is 8.53. The summed E-state index contributed by atoms with van der Waals surface area (Å²) < 4.78 is 0. The van der Waals surface area contributed by atoms with Crippen molar-refractivity contribution in [2.24, 2.45) is 5.73 Å². The molecule has 1 saturated heterocycles. The van der Waals surface area contributed by atoms with E-state index in [1.165, 1.54) is 0 Å². The summed E-state index contributed by atoms with van der Waals surface area (Å²) in [6, 6.07) is 16.0. The third kappa shape index (κ3) is 4.70. The molecular formula is C21H21ClN2O4. The topological polar surface area (TPSA) is 104 Å². The molecule has 1 heterocycles. The fourth-order valence-corrected chi connectivity index (χ4v) is 3.24. The fraction of sp³-hybridized carbons (Fsp3) is 0.238. The van der Waals surface area contributed by atoms with E-state index in [1.807, 2.05) is 54.6 Å². The molecule has 0 aromatic heterocycles. The average Bonchev–Trinajstić information content (AvgIpc) is 3.00. The summed E-state index contributed by atoms with van der Waals surface area (Å²) in [7, 11) is 0. The van der Waals surface area contributed by atoms with Gasteiger partial charge in [-0.1, -0.05) is 48.2 Å². The summed E-state index contributed by atoms with van der Waals surface area (Å²) in [6.45, 7) is 0.239. The van der Waals surface area contributed by atoms with Gasteiger partial charge in [0.1, 0.15) is 11.6 Å². The van der Waals surface area contributed by atoms with E-state index in [1.54, 1.807) is 4.90 Å². The number of likely N-dealkylation sites (tertiary alicyclic amines) is 1. The summed E-state index contributed by atoms with van der Waals surface area (Å²) in [4.78, 5) is 24.6.